The number of carbonyl (C=O) groups excluding carboxylic acids is 1. The molecule has 0 bridgehead atoms. The van der Waals surface area contributed by atoms with Crippen molar-refractivity contribution < 1.29 is 23.1 Å². The Morgan fingerprint density at radius 3 is 2.67 bits per heavy atom. The van der Waals surface area contributed by atoms with Crippen molar-refractivity contribution in [2.75, 3.05) is 18.1 Å². The van der Waals surface area contributed by atoms with E-state index in [4.69, 9.17) is 13.9 Å². The van der Waals surface area contributed by atoms with Gasteiger partial charge in [0.1, 0.15) is 18.0 Å². The first-order valence-electron chi connectivity index (χ1n) is 11.4. The summed E-state index contributed by atoms with van der Waals surface area (Å²) in [6, 6.07) is 8.05. The molecule has 2 aromatic heterocycles. The van der Waals surface area contributed by atoms with E-state index in [0.29, 0.717) is 28.8 Å². The average molecular weight is 507 g/mol. The molecule has 9 heteroatoms. The number of fused-ring (bicyclic) bond motifs is 2. The molecule has 184 valence electrons. The van der Waals surface area contributed by atoms with E-state index in [2.05, 4.69) is 11.6 Å². The Morgan fingerprint density at radius 2 is 1.97 bits per heavy atom. The van der Waals surface area contributed by atoms with Crippen LogP contribution in [-0.2, 0) is 0 Å². The molecular formula is C27H23FN2O5S. The fraction of sp³-hybridized carbons (Fsp3) is 0.222. The number of rotatable bonds is 7. The SMILES string of the molecule is C=CCOc1ccc(C2c3c(oc4ccc(F)cc4c3=O)C(=O)N2c2nc(C)c(C)s2)cc1OCC. The summed E-state index contributed by atoms with van der Waals surface area (Å²) in [5.74, 6) is -0.178. The van der Waals surface area contributed by atoms with Crippen LogP contribution < -0.4 is 19.8 Å². The lowest BCUT2D eigenvalue weighted by atomic mass is 9.98. The monoisotopic (exact) mass is 506 g/mol. The number of ether oxygens (including phenoxy) is 2. The van der Waals surface area contributed by atoms with Gasteiger partial charge in [-0.05, 0) is 56.7 Å². The molecule has 0 radical (unpaired) electrons. The number of hydrogen-bond donors (Lipinski definition) is 0. The molecule has 1 atom stereocenters. The van der Waals surface area contributed by atoms with E-state index in [1.165, 1.54) is 28.4 Å². The van der Waals surface area contributed by atoms with Crippen LogP contribution in [0.2, 0.25) is 0 Å². The minimum Gasteiger partial charge on any atom is -0.490 e. The van der Waals surface area contributed by atoms with Gasteiger partial charge in [0.15, 0.2) is 22.1 Å². The van der Waals surface area contributed by atoms with Gasteiger partial charge in [-0.2, -0.15) is 0 Å². The molecule has 1 aliphatic heterocycles. The maximum absolute atomic E-state index is 14.0. The summed E-state index contributed by atoms with van der Waals surface area (Å²) in [5, 5.41) is 0.502. The van der Waals surface area contributed by atoms with Crippen LogP contribution in [0.25, 0.3) is 11.0 Å². The van der Waals surface area contributed by atoms with Gasteiger partial charge in [-0.15, -0.1) is 11.3 Å². The van der Waals surface area contributed by atoms with Crippen LogP contribution in [0.4, 0.5) is 9.52 Å². The van der Waals surface area contributed by atoms with E-state index in [-0.39, 0.29) is 28.9 Å². The first-order chi connectivity index (χ1) is 17.3. The van der Waals surface area contributed by atoms with Crippen LogP contribution in [-0.4, -0.2) is 24.1 Å². The molecule has 3 heterocycles. The number of hydrogen-bond acceptors (Lipinski definition) is 7. The first kappa shape index (κ1) is 23.7. The van der Waals surface area contributed by atoms with E-state index in [1.54, 1.807) is 24.3 Å². The van der Waals surface area contributed by atoms with Gasteiger partial charge >= 0.3 is 0 Å². The highest BCUT2D eigenvalue weighted by Gasteiger charge is 2.45. The molecule has 1 aliphatic rings. The molecular weight excluding hydrogens is 483 g/mol. The Morgan fingerprint density at radius 1 is 1.17 bits per heavy atom. The highest BCUT2D eigenvalue weighted by Crippen LogP contribution is 2.44. The lowest BCUT2D eigenvalue weighted by Gasteiger charge is -2.23. The second kappa shape index (κ2) is 9.23. The van der Waals surface area contributed by atoms with Crippen molar-refractivity contribution >= 4 is 33.3 Å². The molecule has 1 unspecified atom stereocenters. The minimum atomic E-state index is -0.853. The molecule has 0 N–H and O–H groups in total. The molecule has 2 aromatic carbocycles. The topological polar surface area (TPSA) is 81.9 Å². The Bertz CT molecular complexity index is 1560. The maximum atomic E-state index is 14.0. The van der Waals surface area contributed by atoms with Gasteiger partial charge in [-0.1, -0.05) is 18.7 Å². The quantitative estimate of drug-likeness (QED) is 0.298. The predicted molar refractivity (Wildman–Crippen MR) is 136 cm³/mol. The van der Waals surface area contributed by atoms with Crippen LogP contribution in [0.1, 0.15) is 45.2 Å². The van der Waals surface area contributed by atoms with E-state index in [1.807, 2.05) is 20.8 Å². The predicted octanol–water partition coefficient (Wildman–Crippen LogP) is 5.72. The normalized spacial score (nSPS) is 14.8. The van der Waals surface area contributed by atoms with Crippen LogP contribution in [0, 0.1) is 19.7 Å². The number of carbonyl (C=O) groups is 1. The van der Waals surface area contributed by atoms with Crippen molar-refractivity contribution in [1.29, 1.82) is 0 Å². The molecule has 36 heavy (non-hydrogen) atoms. The van der Waals surface area contributed by atoms with Crippen LogP contribution in [0.5, 0.6) is 11.5 Å². The van der Waals surface area contributed by atoms with Gasteiger partial charge in [0.25, 0.3) is 5.91 Å². The summed E-state index contributed by atoms with van der Waals surface area (Å²) in [6.45, 7) is 9.96. The van der Waals surface area contributed by atoms with E-state index in [0.717, 1.165) is 16.6 Å². The zero-order chi connectivity index (χ0) is 25.6. The Labute approximate surface area is 210 Å². The Balaban J connectivity index is 1.76. The molecule has 0 aliphatic carbocycles. The molecule has 0 spiro atoms. The zero-order valence-corrected chi connectivity index (χ0v) is 20.8. The summed E-state index contributed by atoms with van der Waals surface area (Å²) in [5.41, 5.74) is 1.19. The smallest absolute Gasteiger partial charge is 0.297 e. The third-order valence-corrected chi connectivity index (χ3v) is 7.07. The number of amides is 1. The highest BCUT2D eigenvalue weighted by atomic mass is 32.1. The number of aromatic nitrogens is 1. The van der Waals surface area contributed by atoms with Gasteiger partial charge in [0, 0.05) is 4.88 Å². The Hall–Kier alpha value is -3.98. The van der Waals surface area contributed by atoms with Crippen molar-refractivity contribution in [3.8, 4) is 11.5 Å². The van der Waals surface area contributed by atoms with Gasteiger partial charge in [-0.3, -0.25) is 14.5 Å². The highest BCUT2D eigenvalue weighted by molar-refractivity contribution is 7.15. The van der Waals surface area contributed by atoms with Gasteiger partial charge < -0.3 is 13.9 Å². The average Bonchev–Trinajstić information content (AvgIpc) is 3.34. The summed E-state index contributed by atoms with van der Waals surface area (Å²) < 4.78 is 31.5. The molecule has 4 aromatic rings. The van der Waals surface area contributed by atoms with Crippen molar-refractivity contribution in [2.45, 2.75) is 26.8 Å². The second-order valence-electron chi connectivity index (χ2n) is 8.27. The maximum Gasteiger partial charge on any atom is 0.297 e. The summed E-state index contributed by atoms with van der Waals surface area (Å²) in [6.07, 6.45) is 1.62. The van der Waals surface area contributed by atoms with Gasteiger partial charge in [-0.25, -0.2) is 9.37 Å². The van der Waals surface area contributed by atoms with Gasteiger partial charge in [0.2, 0.25) is 5.76 Å². The largest absolute Gasteiger partial charge is 0.490 e. The first-order valence-corrected chi connectivity index (χ1v) is 12.2. The summed E-state index contributed by atoms with van der Waals surface area (Å²) >= 11 is 1.35. The summed E-state index contributed by atoms with van der Waals surface area (Å²) in [4.78, 5) is 34.4. The fourth-order valence-corrected chi connectivity index (χ4v) is 5.18. The number of aryl methyl sites for hydroxylation is 2. The molecule has 5 rings (SSSR count). The molecule has 1 amide bonds. The van der Waals surface area contributed by atoms with E-state index in [9.17, 15) is 14.0 Å². The zero-order valence-electron chi connectivity index (χ0n) is 20.0. The molecule has 0 saturated heterocycles. The van der Waals surface area contributed by atoms with Crippen molar-refractivity contribution in [3.63, 3.8) is 0 Å². The number of nitrogens with zero attached hydrogens (tertiary/aromatic N) is 2. The van der Waals surface area contributed by atoms with Gasteiger partial charge in [0.05, 0.1) is 29.3 Å². The number of halogens is 1. The fourth-order valence-electron chi connectivity index (χ4n) is 4.25. The third-order valence-electron chi connectivity index (χ3n) is 6.00. The lowest BCUT2D eigenvalue weighted by Crippen LogP contribution is -2.29. The third kappa shape index (κ3) is 3.85. The number of anilines is 1. The number of thiazole rings is 1. The van der Waals surface area contributed by atoms with E-state index >= 15 is 0 Å². The Kier molecular flexibility index (Phi) is 6.09. The molecule has 0 fully saturated rings. The van der Waals surface area contributed by atoms with Crippen molar-refractivity contribution in [1.82, 2.24) is 4.98 Å². The van der Waals surface area contributed by atoms with E-state index < -0.39 is 23.2 Å². The minimum absolute atomic E-state index is 0.0656. The summed E-state index contributed by atoms with van der Waals surface area (Å²) in [7, 11) is 0. The van der Waals surface area contributed by atoms with Crippen LogP contribution in [0.3, 0.4) is 0 Å². The van der Waals surface area contributed by atoms with Crippen LogP contribution >= 0.6 is 11.3 Å². The van der Waals surface area contributed by atoms with Crippen molar-refractivity contribution in [3.05, 3.63) is 92.6 Å². The second-order valence-corrected chi connectivity index (χ2v) is 9.45. The standard InChI is InChI=1S/C27H23FN2O5S/c1-5-11-34-20-9-7-16(12-21(20)33-6-2)23-22-24(31)18-13-17(28)8-10-19(18)35-25(22)26(32)30(23)27-29-14(3)15(4)36-27/h5,7-10,12-13,23H,1,6,11H2,2-4H3. The van der Waals surface area contributed by atoms with Crippen LogP contribution in [0.15, 0.2) is 58.3 Å². The molecule has 0 saturated carbocycles. The van der Waals surface area contributed by atoms with Crippen molar-refractivity contribution in [2.24, 2.45) is 0 Å². The lowest BCUT2D eigenvalue weighted by molar-refractivity contribution is 0.0971. The molecule has 7 nitrogen and oxygen atoms in total. The number of benzene rings is 2.